The van der Waals surface area contributed by atoms with Crippen LogP contribution >= 0.6 is 0 Å². The summed E-state index contributed by atoms with van der Waals surface area (Å²) >= 11 is 0. The predicted molar refractivity (Wildman–Crippen MR) is 102 cm³/mol. The number of nitro benzene ring substituents is 1. The highest BCUT2D eigenvalue weighted by Crippen LogP contribution is 2.39. The zero-order chi connectivity index (χ0) is 19.1. The number of carbonyl (C=O) groups is 1. The van der Waals surface area contributed by atoms with E-state index in [4.69, 9.17) is 0 Å². The maximum atomic E-state index is 13.3. The molecule has 3 atom stereocenters. The Hall–Kier alpha value is -2.15. The van der Waals surface area contributed by atoms with E-state index in [2.05, 4.69) is 11.8 Å². The Labute approximate surface area is 159 Å². The summed E-state index contributed by atoms with van der Waals surface area (Å²) in [5.74, 6) is 1.01. The molecule has 7 nitrogen and oxygen atoms in total. The number of rotatable bonds is 3. The Balaban J connectivity index is 1.62. The summed E-state index contributed by atoms with van der Waals surface area (Å²) < 4.78 is 0. The summed E-state index contributed by atoms with van der Waals surface area (Å²) in [5.41, 5.74) is 1.18. The molecular weight excluding hydrogens is 346 g/mol. The lowest BCUT2D eigenvalue weighted by atomic mass is 9.97. The van der Waals surface area contributed by atoms with Gasteiger partial charge < -0.3 is 14.9 Å². The van der Waals surface area contributed by atoms with Crippen molar-refractivity contribution in [2.24, 2.45) is 17.8 Å². The van der Waals surface area contributed by atoms with Gasteiger partial charge in [-0.15, -0.1) is 0 Å². The first-order valence-corrected chi connectivity index (χ1v) is 9.94. The van der Waals surface area contributed by atoms with Crippen LogP contribution < -0.4 is 4.90 Å². The average Bonchev–Trinajstić information content (AvgIpc) is 3.23. The van der Waals surface area contributed by atoms with E-state index < -0.39 is 4.92 Å². The minimum absolute atomic E-state index is 0.0492. The summed E-state index contributed by atoms with van der Waals surface area (Å²) in [5, 5.41) is 21.4. The molecule has 1 amide bonds. The van der Waals surface area contributed by atoms with Crippen LogP contribution in [-0.2, 0) is 0 Å². The predicted octanol–water partition coefficient (Wildman–Crippen LogP) is 2.67. The lowest BCUT2D eigenvalue weighted by Gasteiger charge is -2.33. The highest BCUT2D eigenvalue weighted by Gasteiger charge is 2.44. The number of non-ortho nitro benzene ring substituents is 1. The van der Waals surface area contributed by atoms with Gasteiger partial charge in [-0.1, -0.05) is 6.92 Å². The summed E-state index contributed by atoms with van der Waals surface area (Å²) in [6.45, 7) is 5.14. The van der Waals surface area contributed by atoms with Gasteiger partial charge >= 0.3 is 0 Å². The number of benzene rings is 1. The van der Waals surface area contributed by atoms with E-state index in [9.17, 15) is 20.0 Å². The molecule has 2 heterocycles. The molecule has 0 bridgehead atoms. The van der Waals surface area contributed by atoms with Crippen molar-refractivity contribution in [3.8, 4) is 0 Å². The molecule has 146 valence electrons. The van der Waals surface area contributed by atoms with Gasteiger partial charge in [0, 0.05) is 44.2 Å². The summed E-state index contributed by atoms with van der Waals surface area (Å²) in [7, 11) is 0. The van der Waals surface area contributed by atoms with E-state index in [-0.39, 0.29) is 23.6 Å². The van der Waals surface area contributed by atoms with Crippen LogP contribution in [0.1, 0.15) is 43.0 Å². The zero-order valence-corrected chi connectivity index (χ0v) is 15.7. The SMILES string of the molecule is CC1CCN(c2ccc([N+](=O)[O-])cc2C(=O)N2C[C@@H]3CC[C@H](O)[C@H]3C2)CC1. The highest BCUT2D eigenvalue weighted by atomic mass is 16.6. The maximum absolute atomic E-state index is 13.3. The molecule has 3 fully saturated rings. The van der Waals surface area contributed by atoms with Crippen LogP contribution in [-0.4, -0.2) is 53.1 Å². The van der Waals surface area contributed by atoms with Gasteiger partial charge in [0.2, 0.25) is 0 Å². The number of nitrogens with zero attached hydrogens (tertiary/aromatic N) is 3. The number of hydrogen-bond donors (Lipinski definition) is 1. The first-order chi connectivity index (χ1) is 12.9. The number of hydrogen-bond acceptors (Lipinski definition) is 5. The molecule has 0 unspecified atom stereocenters. The van der Waals surface area contributed by atoms with Crippen LogP contribution in [0.5, 0.6) is 0 Å². The number of amides is 1. The van der Waals surface area contributed by atoms with Crippen LogP contribution in [0.4, 0.5) is 11.4 Å². The monoisotopic (exact) mass is 373 g/mol. The third-order valence-corrected chi connectivity index (χ3v) is 6.65. The van der Waals surface area contributed by atoms with E-state index in [0.29, 0.717) is 30.5 Å². The molecule has 1 N–H and O–H groups in total. The quantitative estimate of drug-likeness (QED) is 0.650. The highest BCUT2D eigenvalue weighted by molar-refractivity contribution is 6.00. The molecule has 1 aromatic rings. The number of carbonyl (C=O) groups excluding carboxylic acids is 1. The molecule has 0 aromatic heterocycles. The minimum Gasteiger partial charge on any atom is -0.393 e. The van der Waals surface area contributed by atoms with Crippen molar-refractivity contribution in [2.45, 2.75) is 38.7 Å². The molecule has 0 spiro atoms. The van der Waals surface area contributed by atoms with Crippen molar-refractivity contribution in [1.82, 2.24) is 4.90 Å². The number of fused-ring (bicyclic) bond motifs is 1. The molecule has 7 heteroatoms. The van der Waals surface area contributed by atoms with Crippen molar-refractivity contribution >= 4 is 17.3 Å². The van der Waals surface area contributed by atoms with Gasteiger partial charge in [0.05, 0.1) is 22.3 Å². The summed E-state index contributed by atoms with van der Waals surface area (Å²) in [6.07, 6.45) is 3.54. The number of aliphatic hydroxyl groups is 1. The maximum Gasteiger partial charge on any atom is 0.270 e. The van der Waals surface area contributed by atoms with E-state index in [1.165, 1.54) is 12.1 Å². The minimum atomic E-state index is -0.443. The van der Waals surface area contributed by atoms with Crippen LogP contribution in [0.15, 0.2) is 18.2 Å². The smallest absolute Gasteiger partial charge is 0.270 e. The summed E-state index contributed by atoms with van der Waals surface area (Å²) in [6, 6.07) is 4.65. The van der Waals surface area contributed by atoms with E-state index in [1.54, 1.807) is 11.0 Å². The number of likely N-dealkylation sites (tertiary alicyclic amines) is 1. The first kappa shape index (κ1) is 18.2. The van der Waals surface area contributed by atoms with Crippen molar-refractivity contribution in [2.75, 3.05) is 31.1 Å². The third kappa shape index (κ3) is 3.40. The zero-order valence-electron chi connectivity index (χ0n) is 15.7. The fourth-order valence-electron chi connectivity index (χ4n) is 4.91. The molecule has 4 rings (SSSR count). The Morgan fingerprint density at radius 3 is 2.59 bits per heavy atom. The third-order valence-electron chi connectivity index (χ3n) is 6.65. The molecule has 2 saturated heterocycles. The molecule has 2 aliphatic heterocycles. The van der Waals surface area contributed by atoms with Crippen molar-refractivity contribution in [1.29, 1.82) is 0 Å². The van der Waals surface area contributed by atoms with Crippen molar-refractivity contribution < 1.29 is 14.8 Å². The summed E-state index contributed by atoms with van der Waals surface area (Å²) in [4.78, 5) is 28.1. The van der Waals surface area contributed by atoms with Crippen molar-refractivity contribution in [3.05, 3.63) is 33.9 Å². The average molecular weight is 373 g/mol. The molecule has 1 aromatic carbocycles. The number of nitro groups is 1. The Morgan fingerprint density at radius 1 is 1.19 bits per heavy atom. The van der Waals surface area contributed by atoms with Gasteiger partial charge in [0.15, 0.2) is 0 Å². The topological polar surface area (TPSA) is 86.9 Å². The van der Waals surface area contributed by atoms with Crippen LogP contribution in [0, 0.1) is 27.9 Å². The lowest BCUT2D eigenvalue weighted by molar-refractivity contribution is -0.384. The molecule has 3 aliphatic rings. The number of piperidine rings is 1. The van der Waals surface area contributed by atoms with Gasteiger partial charge in [0.1, 0.15) is 0 Å². The lowest BCUT2D eigenvalue weighted by Crippen LogP contribution is -2.36. The normalized spacial score (nSPS) is 28.4. The standard InChI is InChI=1S/C20H27N3O4/c1-13-6-8-21(9-7-13)18-4-3-15(23(26)27)10-16(18)20(25)22-11-14-2-5-19(24)17(14)12-22/h3-4,10,13-14,17,19,24H,2,5-9,11-12H2,1H3/t14-,17-,19-/m0/s1. The van der Waals surface area contributed by atoms with Crippen molar-refractivity contribution in [3.63, 3.8) is 0 Å². The Bertz CT molecular complexity index is 745. The van der Waals surface area contributed by atoms with Crippen LogP contribution in [0.3, 0.4) is 0 Å². The fraction of sp³-hybridized carbons (Fsp3) is 0.650. The van der Waals surface area contributed by atoms with E-state index >= 15 is 0 Å². The molecule has 1 saturated carbocycles. The first-order valence-electron chi connectivity index (χ1n) is 9.94. The largest absolute Gasteiger partial charge is 0.393 e. The second-order valence-corrected chi connectivity index (χ2v) is 8.41. The molecule has 0 radical (unpaired) electrons. The molecule has 27 heavy (non-hydrogen) atoms. The van der Waals surface area contributed by atoms with Crippen LogP contribution in [0.2, 0.25) is 0 Å². The molecular formula is C20H27N3O4. The van der Waals surface area contributed by atoms with Gasteiger partial charge in [0.25, 0.3) is 11.6 Å². The van der Waals surface area contributed by atoms with Gasteiger partial charge in [-0.05, 0) is 43.6 Å². The number of aliphatic hydroxyl groups excluding tert-OH is 1. The van der Waals surface area contributed by atoms with E-state index in [1.807, 2.05) is 0 Å². The second kappa shape index (κ2) is 7.11. The Kier molecular flexibility index (Phi) is 4.80. The van der Waals surface area contributed by atoms with E-state index in [0.717, 1.165) is 44.5 Å². The molecule has 1 aliphatic carbocycles. The van der Waals surface area contributed by atoms with Crippen LogP contribution in [0.25, 0.3) is 0 Å². The van der Waals surface area contributed by atoms with Gasteiger partial charge in [-0.2, -0.15) is 0 Å². The van der Waals surface area contributed by atoms with Gasteiger partial charge in [-0.3, -0.25) is 14.9 Å². The number of anilines is 1. The van der Waals surface area contributed by atoms with Gasteiger partial charge in [-0.25, -0.2) is 0 Å². The fourth-order valence-corrected chi connectivity index (χ4v) is 4.91. The Morgan fingerprint density at radius 2 is 1.93 bits per heavy atom. The second-order valence-electron chi connectivity index (χ2n) is 8.41.